The summed E-state index contributed by atoms with van der Waals surface area (Å²) in [6.45, 7) is 2.40. The van der Waals surface area contributed by atoms with Gasteiger partial charge >= 0.3 is 0 Å². The second-order valence-electron chi connectivity index (χ2n) is 5.30. The van der Waals surface area contributed by atoms with Crippen LogP contribution in [-0.4, -0.2) is 36.8 Å². The van der Waals surface area contributed by atoms with Gasteiger partial charge in [0.1, 0.15) is 11.9 Å². The summed E-state index contributed by atoms with van der Waals surface area (Å²) in [7, 11) is 1.58. The van der Waals surface area contributed by atoms with Crippen molar-refractivity contribution in [1.82, 2.24) is 4.98 Å². The number of methoxy groups -OCH3 is 1. The molecule has 1 aromatic carbocycles. The molecule has 1 aliphatic rings. The highest BCUT2D eigenvalue weighted by Crippen LogP contribution is 2.33. The Kier molecular flexibility index (Phi) is 5.80. The number of thiazole rings is 1. The molecule has 3 rings (SSSR count). The Bertz CT molecular complexity index is 707. The highest BCUT2D eigenvalue weighted by molar-refractivity contribution is 7.18. The van der Waals surface area contributed by atoms with Gasteiger partial charge in [-0.25, -0.2) is 4.98 Å². The SMILES string of the molecule is COc1cc2nc(C)sc2cc1NC(=O)[C@@H]1CC[C@H](CN)O1.Cl. The third-order valence-electron chi connectivity index (χ3n) is 3.74. The number of aryl methyl sites for hydroxylation is 1. The zero-order valence-electron chi connectivity index (χ0n) is 13.0. The number of benzene rings is 1. The lowest BCUT2D eigenvalue weighted by Crippen LogP contribution is -2.29. The van der Waals surface area contributed by atoms with Crippen molar-refractivity contribution in [3.8, 4) is 5.75 Å². The summed E-state index contributed by atoms with van der Waals surface area (Å²) >= 11 is 1.58. The van der Waals surface area contributed by atoms with E-state index in [1.165, 1.54) is 0 Å². The maximum atomic E-state index is 12.3. The number of carbonyl (C=O) groups excluding carboxylic acids is 1. The summed E-state index contributed by atoms with van der Waals surface area (Å²) in [5.74, 6) is 0.439. The number of nitrogens with one attached hydrogen (secondary N) is 1. The van der Waals surface area contributed by atoms with Crippen molar-refractivity contribution in [2.75, 3.05) is 19.0 Å². The summed E-state index contributed by atoms with van der Waals surface area (Å²) in [5.41, 5.74) is 7.09. The van der Waals surface area contributed by atoms with E-state index in [0.29, 0.717) is 24.4 Å². The van der Waals surface area contributed by atoms with Crippen LogP contribution in [0.4, 0.5) is 5.69 Å². The summed E-state index contributed by atoms with van der Waals surface area (Å²) in [4.78, 5) is 16.8. The Morgan fingerprint density at radius 1 is 1.52 bits per heavy atom. The smallest absolute Gasteiger partial charge is 0.253 e. The number of anilines is 1. The molecule has 126 valence electrons. The van der Waals surface area contributed by atoms with Crippen LogP contribution in [0.1, 0.15) is 17.8 Å². The zero-order valence-corrected chi connectivity index (χ0v) is 14.6. The Labute approximate surface area is 144 Å². The zero-order chi connectivity index (χ0) is 15.7. The second kappa shape index (κ2) is 7.44. The monoisotopic (exact) mass is 357 g/mol. The first-order valence-corrected chi connectivity index (χ1v) is 8.04. The van der Waals surface area contributed by atoms with Crippen LogP contribution in [0.2, 0.25) is 0 Å². The normalized spacial score (nSPS) is 20.3. The first-order chi connectivity index (χ1) is 10.6. The van der Waals surface area contributed by atoms with E-state index in [-0.39, 0.29) is 24.4 Å². The number of aromatic nitrogens is 1. The highest BCUT2D eigenvalue weighted by Gasteiger charge is 2.30. The fourth-order valence-electron chi connectivity index (χ4n) is 2.62. The van der Waals surface area contributed by atoms with E-state index in [2.05, 4.69) is 10.3 Å². The fraction of sp³-hybridized carbons (Fsp3) is 0.467. The molecule has 2 heterocycles. The number of nitrogens with zero attached hydrogens (tertiary/aromatic N) is 1. The van der Waals surface area contributed by atoms with E-state index in [1.807, 2.05) is 19.1 Å². The Morgan fingerprint density at radius 2 is 2.30 bits per heavy atom. The third-order valence-corrected chi connectivity index (χ3v) is 4.67. The number of hydrogen-bond acceptors (Lipinski definition) is 6. The largest absolute Gasteiger partial charge is 0.494 e. The van der Waals surface area contributed by atoms with Crippen LogP contribution in [0.5, 0.6) is 5.75 Å². The van der Waals surface area contributed by atoms with Gasteiger partial charge < -0.3 is 20.5 Å². The van der Waals surface area contributed by atoms with Crippen LogP contribution < -0.4 is 15.8 Å². The number of nitrogens with two attached hydrogens (primary N) is 1. The molecule has 0 saturated carbocycles. The first-order valence-electron chi connectivity index (χ1n) is 7.22. The van der Waals surface area contributed by atoms with Crippen molar-refractivity contribution in [3.05, 3.63) is 17.1 Å². The minimum atomic E-state index is -0.447. The van der Waals surface area contributed by atoms with Crippen LogP contribution in [0.15, 0.2) is 12.1 Å². The predicted molar refractivity (Wildman–Crippen MR) is 93.7 cm³/mol. The average Bonchev–Trinajstić information content (AvgIpc) is 3.11. The van der Waals surface area contributed by atoms with E-state index in [9.17, 15) is 4.79 Å². The number of hydrogen-bond donors (Lipinski definition) is 2. The van der Waals surface area contributed by atoms with Gasteiger partial charge in [0, 0.05) is 12.6 Å². The number of ether oxygens (including phenoxy) is 2. The van der Waals surface area contributed by atoms with Gasteiger partial charge in [-0.15, -0.1) is 23.7 Å². The Balaban J connectivity index is 0.00000192. The molecule has 1 fully saturated rings. The molecule has 3 N–H and O–H groups in total. The van der Waals surface area contributed by atoms with Gasteiger partial charge in [0.25, 0.3) is 5.91 Å². The van der Waals surface area contributed by atoms with E-state index < -0.39 is 6.10 Å². The first kappa shape index (κ1) is 17.9. The predicted octanol–water partition coefficient (Wildman–Crippen LogP) is 2.48. The molecular formula is C15H20ClN3O3S. The molecule has 1 aromatic heterocycles. The fourth-order valence-corrected chi connectivity index (χ4v) is 3.47. The van der Waals surface area contributed by atoms with Gasteiger partial charge in [-0.3, -0.25) is 4.79 Å². The Morgan fingerprint density at radius 3 is 2.96 bits per heavy atom. The minimum absolute atomic E-state index is 0. The molecule has 0 bridgehead atoms. The van der Waals surface area contributed by atoms with Crippen LogP contribution in [0.3, 0.4) is 0 Å². The number of fused-ring (bicyclic) bond motifs is 1. The molecule has 0 radical (unpaired) electrons. The summed E-state index contributed by atoms with van der Waals surface area (Å²) in [5, 5.41) is 3.88. The maximum absolute atomic E-state index is 12.3. The molecule has 2 atom stereocenters. The highest BCUT2D eigenvalue weighted by atomic mass is 35.5. The Hall–Kier alpha value is -1.41. The lowest BCUT2D eigenvalue weighted by molar-refractivity contribution is -0.126. The molecule has 1 amide bonds. The van der Waals surface area contributed by atoms with E-state index >= 15 is 0 Å². The molecule has 1 saturated heterocycles. The van der Waals surface area contributed by atoms with E-state index in [4.69, 9.17) is 15.2 Å². The van der Waals surface area contributed by atoms with Crippen molar-refractivity contribution in [1.29, 1.82) is 0 Å². The topological polar surface area (TPSA) is 86.5 Å². The molecule has 8 heteroatoms. The summed E-state index contributed by atoms with van der Waals surface area (Å²) in [6, 6.07) is 3.73. The van der Waals surface area contributed by atoms with Crippen LogP contribution in [0, 0.1) is 6.92 Å². The quantitative estimate of drug-likeness (QED) is 0.877. The number of rotatable bonds is 4. The van der Waals surface area contributed by atoms with Gasteiger partial charge in [0.15, 0.2) is 0 Å². The standard InChI is InChI=1S/C15H19N3O3S.ClH/c1-8-17-11-5-13(20-2)10(6-14(11)22-8)18-15(19)12-4-3-9(7-16)21-12;/h5-6,9,12H,3-4,7,16H2,1-2H3,(H,18,19);1H/t9-,12+;/m1./s1. The van der Waals surface area contributed by atoms with E-state index in [1.54, 1.807) is 18.4 Å². The number of halogens is 1. The van der Waals surface area contributed by atoms with Crippen molar-refractivity contribution in [2.24, 2.45) is 5.73 Å². The van der Waals surface area contributed by atoms with Crippen molar-refractivity contribution >= 4 is 45.6 Å². The van der Waals surface area contributed by atoms with E-state index in [0.717, 1.165) is 21.6 Å². The van der Waals surface area contributed by atoms with Gasteiger partial charge in [-0.1, -0.05) is 0 Å². The molecule has 0 aliphatic carbocycles. The maximum Gasteiger partial charge on any atom is 0.253 e. The van der Waals surface area contributed by atoms with Crippen molar-refractivity contribution < 1.29 is 14.3 Å². The van der Waals surface area contributed by atoms with Crippen molar-refractivity contribution in [3.63, 3.8) is 0 Å². The molecule has 0 unspecified atom stereocenters. The minimum Gasteiger partial charge on any atom is -0.494 e. The average molecular weight is 358 g/mol. The molecule has 1 aliphatic heterocycles. The van der Waals surface area contributed by atoms with Gasteiger partial charge in [0.05, 0.1) is 34.1 Å². The molecular weight excluding hydrogens is 338 g/mol. The summed E-state index contributed by atoms with van der Waals surface area (Å²) < 4.78 is 12.0. The summed E-state index contributed by atoms with van der Waals surface area (Å²) in [6.07, 6.45) is 1.04. The number of carbonyl (C=O) groups is 1. The van der Waals surface area contributed by atoms with Crippen molar-refractivity contribution in [2.45, 2.75) is 32.0 Å². The molecule has 23 heavy (non-hydrogen) atoms. The van der Waals surface area contributed by atoms with Gasteiger partial charge in [0.2, 0.25) is 0 Å². The van der Waals surface area contributed by atoms with Gasteiger partial charge in [-0.05, 0) is 25.8 Å². The van der Waals surface area contributed by atoms with Crippen LogP contribution >= 0.6 is 23.7 Å². The van der Waals surface area contributed by atoms with Gasteiger partial charge in [-0.2, -0.15) is 0 Å². The molecule has 2 aromatic rings. The second-order valence-corrected chi connectivity index (χ2v) is 6.54. The molecule has 0 spiro atoms. The molecule has 6 nitrogen and oxygen atoms in total. The third kappa shape index (κ3) is 3.74. The van der Waals surface area contributed by atoms with Crippen LogP contribution in [-0.2, 0) is 9.53 Å². The van der Waals surface area contributed by atoms with Crippen LogP contribution in [0.25, 0.3) is 10.2 Å². The lowest BCUT2D eigenvalue weighted by Gasteiger charge is -2.14. The lowest BCUT2D eigenvalue weighted by atomic mass is 10.2. The number of amides is 1.